The first-order valence-electron chi connectivity index (χ1n) is 8.51. The van der Waals surface area contributed by atoms with Gasteiger partial charge in [0.05, 0.1) is 23.1 Å². The van der Waals surface area contributed by atoms with Crippen LogP contribution in [-0.4, -0.2) is 33.8 Å². The predicted octanol–water partition coefficient (Wildman–Crippen LogP) is 4.45. The predicted molar refractivity (Wildman–Crippen MR) is 94.5 cm³/mol. The highest BCUT2D eigenvalue weighted by Gasteiger charge is 2.27. The fourth-order valence-electron chi connectivity index (χ4n) is 3.26. The first-order valence-corrected chi connectivity index (χ1v) is 9.45. The van der Waals surface area contributed by atoms with Gasteiger partial charge >= 0.3 is 5.97 Å². The van der Waals surface area contributed by atoms with Crippen molar-refractivity contribution < 1.29 is 14.3 Å². The maximum absolute atomic E-state index is 12.8. The third-order valence-corrected chi connectivity index (χ3v) is 5.96. The molecule has 23 heavy (non-hydrogen) atoms. The molecule has 1 N–H and O–H groups in total. The van der Waals surface area contributed by atoms with Gasteiger partial charge in [-0.05, 0) is 46.1 Å². The van der Waals surface area contributed by atoms with Crippen LogP contribution in [0.4, 0.5) is 0 Å². The number of carbonyl (C=O) groups is 2. The molecule has 1 saturated carbocycles. The molecule has 1 fully saturated rings. The number of nitrogens with one attached hydrogen (secondary N) is 1. The SMILES string of the molecule is CCOC(=O)c1c(C)[nH]c(C(=O)C(C)SC2CCCCC2)c1C. The van der Waals surface area contributed by atoms with Crippen molar-refractivity contribution in [3.63, 3.8) is 0 Å². The summed E-state index contributed by atoms with van der Waals surface area (Å²) in [4.78, 5) is 27.9. The van der Waals surface area contributed by atoms with Gasteiger partial charge in [0.15, 0.2) is 5.78 Å². The summed E-state index contributed by atoms with van der Waals surface area (Å²) in [5.41, 5.74) is 2.48. The third-order valence-electron chi connectivity index (χ3n) is 4.48. The Kier molecular flexibility index (Phi) is 6.33. The monoisotopic (exact) mass is 337 g/mol. The maximum Gasteiger partial charge on any atom is 0.340 e. The van der Waals surface area contributed by atoms with Crippen LogP contribution >= 0.6 is 11.8 Å². The van der Waals surface area contributed by atoms with Crippen molar-refractivity contribution in [2.24, 2.45) is 0 Å². The van der Waals surface area contributed by atoms with Gasteiger partial charge in [0.1, 0.15) is 0 Å². The van der Waals surface area contributed by atoms with Gasteiger partial charge in [-0.2, -0.15) is 0 Å². The van der Waals surface area contributed by atoms with Gasteiger partial charge in [0.2, 0.25) is 0 Å². The van der Waals surface area contributed by atoms with Crippen molar-refractivity contribution >= 4 is 23.5 Å². The fourth-order valence-corrected chi connectivity index (χ4v) is 4.69. The van der Waals surface area contributed by atoms with E-state index in [4.69, 9.17) is 4.74 Å². The Bertz CT molecular complexity index is 573. The first kappa shape index (κ1) is 18.1. The topological polar surface area (TPSA) is 59.2 Å². The number of aromatic amines is 1. The van der Waals surface area contributed by atoms with Gasteiger partial charge in [-0.1, -0.05) is 19.3 Å². The zero-order chi connectivity index (χ0) is 17.0. The number of esters is 1. The van der Waals surface area contributed by atoms with Crippen molar-refractivity contribution in [3.05, 3.63) is 22.5 Å². The van der Waals surface area contributed by atoms with E-state index < -0.39 is 0 Å². The average molecular weight is 337 g/mol. The standard InChI is InChI=1S/C18H27NO3S/c1-5-22-18(21)15-11(2)16(19-12(15)3)17(20)13(4)23-14-9-7-6-8-10-14/h13-14,19H,5-10H2,1-4H3. The number of aromatic nitrogens is 1. The summed E-state index contributed by atoms with van der Waals surface area (Å²) in [7, 11) is 0. The summed E-state index contributed by atoms with van der Waals surface area (Å²) in [5, 5.41) is 0.494. The lowest BCUT2D eigenvalue weighted by Gasteiger charge is -2.23. The Morgan fingerprint density at radius 3 is 2.52 bits per heavy atom. The van der Waals surface area contributed by atoms with Crippen molar-refractivity contribution in [1.82, 2.24) is 4.98 Å². The second-order valence-electron chi connectivity index (χ2n) is 6.25. The Labute approximate surface area is 142 Å². The number of carbonyl (C=O) groups excluding carboxylic acids is 2. The lowest BCUT2D eigenvalue weighted by atomic mass is 10.0. The van der Waals surface area contributed by atoms with Crippen LogP contribution in [0.25, 0.3) is 0 Å². The Morgan fingerprint density at radius 1 is 1.26 bits per heavy atom. The number of thioether (sulfide) groups is 1. The highest BCUT2D eigenvalue weighted by Crippen LogP contribution is 2.33. The summed E-state index contributed by atoms with van der Waals surface area (Å²) in [6, 6.07) is 0. The van der Waals surface area contributed by atoms with Crippen molar-refractivity contribution in [2.75, 3.05) is 6.61 Å². The normalized spacial score (nSPS) is 17.0. The number of ether oxygens (including phenoxy) is 1. The molecule has 5 heteroatoms. The molecule has 1 aromatic rings. The van der Waals surface area contributed by atoms with Crippen LogP contribution in [0, 0.1) is 13.8 Å². The zero-order valence-corrected chi connectivity index (χ0v) is 15.3. The van der Waals surface area contributed by atoms with E-state index in [2.05, 4.69) is 4.98 Å². The quantitative estimate of drug-likeness (QED) is 0.615. The van der Waals surface area contributed by atoms with Crippen LogP contribution in [0.3, 0.4) is 0 Å². The van der Waals surface area contributed by atoms with Gasteiger partial charge in [-0.3, -0.25) is 4.79 Å². The minimum atomic E-state index is -0.356. The minimum Gasteiger partial charge on any atom is -0.462 e. The van der Waals surface area contributed by atoms with Crippen LogP contribution in [0.2, 0.25) is 0 Å². The summed E-state index contributed by atoms with van der Waals surface area (Å²) < 4.78 is 5.09. The van der Waals surface area contributed by atoms with E-state index in [-0.39, 0.29) is 17.0 Å². The summed E-state index contributed by atoms with van der Waals surface area (Å²) in [6.07, 6.45) is 6.27. The molecule has 1 aliphatic rings. The van der Waals surface area contributed by atoms with E-state index >= 15 is 0 Å². The molecule has 0 aromatic carbocycles. The third kappa shape index (κ3) is 4.19. The molecule has 0 bridgehead atoms. The molecular weight excluding hydrogens is 310 g/mol. The molecule has 128 valence electrons. The van der Waals surface area contributed by atoms with E-state index in [1.54, 1.807) is 18.7 Å². The van der Waals surface area contributed by atoms with Gasteiger partial charge < -0.3 is 9.72 Å². The molecule has 1 aliphatic carbocycles. The van der Waals surface area contributed by atoms with Gasteiger partial charge in [0.25, 0.3) is 0 Å². The molecule has 1 aromatic heterocycles. The molecule has 1 unspecified atom stereocenters. The van der Waals surface area contributed by atoms with Crippen molar-refractivity contribution in [2.45, 2.75) is 70.3 Å². The summed E-state index contributed by atoms with van der Waals surface area (Å²) in [5.74, 6) is -0.276. The Morgan fingerprint density at radius 2 is 1.91 bits per heavy atom. The summed E-state index contributed by atoms with van der Waals surface area (Å²) >= 11 is 1.78. The highest BCUT2D eigenvalue weighted by molar-refractivity contribution is 8.01. The van der Waals surface area contributed by atoms with Crippen LogP contribution in [0.1, 0.15) is 78.1 Å². The Hall–Kier alpha value is -1.23. The number of Topliss-reactive ketones (excluding diaryl/α,β-unsaturated/α-hetero) is 1. The smallest absolute Gasteiger partial charge is 0.340 e. The number of aryl methyl sites for hydroxylation is 1. The molecule has 0 saturated heterocycles. The van der Waals surface area contributed by atoms with Gasteiger partial charge in [-0.15, -0.1) is 11.8 Å². The second-order valence-corrected chi connectivity index (χ2v) is 7.89. The van der Waals surface area contributed by atoms with Crippen LogP contribution in [0.15, 0.2) is 0 Å². The van der Waals surface area contributed by atoms with Crippen LogP contribution in [-0.2, 0) is 4.74 Å². The number of hydrogen-bond donors (Lipinski definition) is 1. The number of ketones is 1. The maximum atomic E-state index is 12.8. The van der Waals surface area contributed by atoms with Gasteiger partial charge in [-0.25, -0.2) is 4.79 Å². The van der Waals surface area contributed by atoms with E-state index in [1.807, 2.05) is 20.8 Å². The second kappa shape index (κ2) is 8.04. The van der Waals surface area contributed by atoms with E-state index in [0.717, 1.165) is 0 Å². The number of rotatable bonds is 6. The number of hydrogen-bond acceptors (Lipinski definition) is 4. The lowest BCUT2D eigenvalue weighted by Crippen LogP contribution is -2.20. The lowest BCUT2D eigenvalue weighted by molar-refractivity contribution is 0.0525. The Balaban J connectivity index is 2.12. The van der Waals surface area contributed by atoms with Crippen LogP contribution in [0.5, 0.6) is 0 Å². The van der Waals surface area contributed by atoms with E-state index in [0.29, 0.717) is 34.4 Å². The van der Waals surface area contributed by atoms with Gasteiger partial charge in [0, 0.05) is 10.9 Å². The number of H-pyrrole nitrogens is 1. The molecule has 0 spiro atoms. The minimum absolute atomic E-state index is 0.0803. The largest absolute Gasteiger partial charge is 0.462 e. The zero-order valence-electron chi connectivity index (χ0n) is 14.5. The average Bonchev–Trinajstić information content (AvgIpc) is 2.82. The molecule has 4 nitrogen and oxygen atoms in total. The van der Waals surface area contributed by atoms with Crippen molar-refractivity contribution in [3.8, 4) is 0 Å². The van der Waals surface area contributed by atoms with E-state index in [1.165, 1.54) is 32.1 Å². The fraction of sp³-hybridized carbons (Fsp3) is 0.667. The van der Waals surface area contributed by atoms with Crippen molar-refractivity contribution in [1.29, 1.82) is 0 Å². The molecule has 0 amide bonds. The summed E-state index contributed by atoms with van der Waals surface area (Å²) in [6.45, 7) is 7.72. The molecule has 2 rings (SSSR count). The first-order chi connectivity index (χ1) is 11.0. The molecular formula is C18H27NO3S. The molecule has 0 radical (unpaired) electrons. The molecule has 0 aliphatic heterocycles. The highest BCUT2D eigenvalue weighted by atomic mass is 32.2. The van der Waals surface area contributed by atoms with E-state index in [9.17, 15) is 9.59 Å². The van der Waals surface area contributed by atoms with Crippen LogP contribution < -0.4 is 0 Å². The molecule has 1 heterocycles. The molecule has 1 atom stereocenters.